The molecular formula is C16H20O2. The minimum Gasteiger partial charge on any atom is -0.396 e. The number of rotatable bonds is 1. The molecule has 2 heteroatoms. The van der Waals surface area contributed by atoms with E-state index < -0.39 is 0 Å². The average molecular weight is 244 g/mol. The Kier molecular flexibility index (Phi) is 2.80. The minimum atomic E-state index is -0.314. The average Bonchev–Trinajstić information content (AvgIpc) is 2.68. The summed E-state index contributed by atoms with van der Waals surface area (Å²) in [5.74, 6) is 0.0540. The molecule has 1 saturated heterocycles. The molecule has 2 atom stereocenters. The fourth-order valence-corrected chi connectivity index (χ4v) is 3.52. The Morgan fingerprint density at radius 3 is 3.11 bits per heavy atom. The molecule has 0 aromatic heterocycles. The lowest BCUT2D eigenvalue weighted by atomic mass is 9.71. The first-order valence-corrected chi connectivity index (χ1v) is 6.70. The van der Waals surface area contributed by atoms with Gasteiger partial charge in [0.2, 0.25) is 0 Å². The van der Waals surface area contributed by atoms with Crippen LogP contribution in [0.2, 0.25) is 0 Å². The smallest absolute Gasteiger partial charge is 0.103 e. The van der Waals surface area contributed by atoms with Gasteiger partial charge in [0, 0.05) is 5.92 Å². The van der Waals surface area contributed by atoms with Crippen LogP contribution in [0.5, 0.6) is 0 Å². The summed E-state index contributed by atoms with van der Waals surface area (Å²) in [6.07, 6.45) is 3.24. The molecule has 2 nitrogen and oxygen atoms in total. The molecule has 0 saturated carbocycles. The van der Waals surface area contributed by atoms with Crippen molar-refractivity contribution in [2.75, 3.05) is 13.2 Å². The van der Waals surface area contributed by atoms with E-state index in [1.807, 2.05) is 0 Å². The van der Waals surface area contributed by atoms with E-state index >= 15 is 0 Å². The molecule has 3 rings (SSSR count). The first kappa shape index (κ1) is 11.9. The second kappa shape index (κ2) is 4.22. The van der Waals surface area contributed by atoms with Crippen LogP contribution in [0.4, 0.5) is 0 Å². The van der Waals surface area contributed by atoms with Crippen molar-refractivity contribution in [1.29, 1.82) is 0 Å². The maximum atomic E-state index is 9.71. The second-order valence-electron chi connectivity index (χ2n) is 5.59. The SMILES string of the molecule is C=C1COC2(CCCc3ccc(C)cc32)C1CO. The third kappa shape index (κ3) is 1.56. The number of hydrogen-bond acceptors (Lipinski definition) is 2. The van der Waals surface area contributed by atoms with E-state index in [0.717, 1.165) is 24.8 Å². The highest BCUT2D eigenvalue weighted by Gasteiger charge is 2.49. The third-order valence-corrected chi connectivity index (χ3v) is 4.47. The van der Waals surface area contributed by atoms with Gasteiger partial charge in [0.05, 0.1) is 13.2 Å². The zero-order valence-electron chi connectivity index (χ0n) is 10.9. The topological polar surface area (TPSA) is 29.5 Å². The van der Waals surface area contributed by atoms with Gasteiger partial charge in [-0.15, -0.1) is 0 Å². The van der Waals surface area contributed by atoms with Gasteiger partial charge in [0.25, 0.3) is 0 Å². The molecule has 0 amide bonds. The van der Waals surface area contributed by atoms with Crippen molar-refractivity contribution in [1.82, 2.24) is 0 Å². The van der Waals surface area contributed by atoms with Crippen molar-refractivity contribution >= 4 is 0 Å². The van der Waals surface area contributed by atoms with E-state index in [9.17, 15) is 5.11 Å². The van der Waals surface area contributed by atoms with Gasteiger partial charge in [-0.2, -0.15) is 0 Å². The zero-order valence-corrected chi connectivity index (χ0v) is 10.9. The van der Waals surface area contributed by atoms with Gasteiger partial charge in [0.15, 0.2) is 0 Å². The lowest BCUT2D eigenvalue weighted by Crippen LogP contribution is -2.38. The van der Waals surface area contributed by atoms with Crippen LogP contribution in [0.3, 0.4) is 0 Å². The Morgan fingerprint density at radius 2 is 2.33 bits per heavy atom. The molecule has 96 valence electrons. The summed E-state index contributed by atoms with van der Waals surface area (Å²) in [5.41, 5.74) is 4.64. The highest BCUT2D eigenvalue weighted by atomic mass is 16.5. The highest BCUT2D eigenvalue weighted by molar-refractivity contribution is 5.41. The van der Waals surface area contributed by atoms with Crippen LogP contribution in [0, 0.1) is 12.8 Å². The quantitative estimate of drug-likeness (QED) is 0.770. The fraction of sp³-hybridized carbons (Fsp3) is 0.500. The molecule has 1 aliphatic heterocycles. The molecule has 0 radical (unpaired) electrons. The van der Waals surface area contributed by atoms with Crippen LogP contribution in [0.1, 0.15) is 29.5 Å². The van der Waals surface area contributed by atoms with Gasteiger partial charge >= 0.3 is 0 Å². The van der Waals surface area contributed by atoms with E-state index in [2.05, 4.69) is 31.7 Å². The normalized spacial score (nSPS) is 30.8. The molecule has 1 N–H and O–H groups in total. The molecule has 1 aliphatic carbocycles. The molecule has 18 heavy (non-hydrogen) atoms. The summed E-state index contributed by atoms with van der Waals surface area (Å²) in [5, 5.41) is 9.71. The van der Waals surface area contributed by atoms with Gasteiger partial charge in [0.1, 0.15) is 5.60 Å². The number of aliphatic hydroxyl groups is 1. The minimum absolute atomic E-state index is 0.0540. The number of ether oxygens (including phenoxy) is 1. The summed E-state index contributed by atoms with van der Waals surface area (Å²) in [6, 6.07) is 6.61. The molecule has 0 bridgehead atoms. The van der Waals surface area contributed by atoms with Crippen LogP contribution in [-0.4, -0.2) is 18.3 Å². The van der Waals surface area contributed by atoms with E-state index in [4.69, 9.17) is 4.74 Å². The monoisotopic (exact) mass is 244 g/mol. The Labute approximate surface area is 108 Å². The number of fused-ring (bicyclic) bond motifs is 2. The van der Waals surface area contributed by atoms with Crippen molar-refractivity contribution in [2.24, 2.45) is 5.92 Å². The molecule has 1 heterocycles. The van der Waals surface area contributed by atoms with Crippen molar-refractivity contribution in [2.45, 2.75) is 31.8 Å². The lowest BCUT2D eigenvalue weighted by Gasteiger charge is -2.39. The molecular weight excluding hydrogens is 224 g/mol. The summed E-state index contributed by atoms with van der Waals surface area (Å²) < 4.78 is 6.12. The Balaban J connectivity index is 2.15. The van der Waals surface area contributed by atoms with Crippen molar-refractivity contribution in [3.63, 3.8) is 0 Å². The fourth-order valence-electron chi connectivity index (χ4n) is 3.52. The van der Waals surface area contributed by atoms with Crippen LogP contribution >= 0.6 is 0 Å². The zero-order chi connectivity index (χ0) is 12.8. The Bertz CT molecular complexity index is 492. The molecule has 2 aliphatic rings. The van der Waals surface area contributed by atoms with Crippen LogP contribution in [0.25, 0.3) is 0 Å². The van der Waals surface area contributed by atoms with E-state index in [-0.39, 0.29) is 18.1 Å². The first-order chi connectivity index (χ1) is 8.67. The molecule has 1 aromatic rings. The van der Waals surface area contributed by atoms with E-state index in [1.54, 1.807) is 0 Å². The number of aliphatic hydroxyl groups excluding tert-OH is 1. The number of hydrogen-bond donors (Lipinski definition) is 1. The van der Waals surface area contributed by atoms with Gasteiger partial charge < -0.3 is 9.84 Å². The summed E-state index contributed by atoms with van der Waals surface area (Å²) >= 11 is 0. The predicted molar refractivity (Wildman–Crippen MR) is 71.5 cm³/mol. The molecule has 1 aromatic carbocycles. The first-order valence-electron chi connectivity index (χ1n) is 6.70. The number of aryl methyl sites for hydroxylation is 2. The third-order valence-electron chi connectivity index (χ3n) is 4.47. The number of benzene rings is 1. The summed E-state index contributed by atoms with van der Waals surface area (Å²) in [7, 11) is 0. The van der Waals surface area contributed by atoms with Crippen molar-refractivity contribution < 1.29 is 9.84 Å². The molecule has 1 fully saturated rings. The van der Waals surface area contributed by atoms with Gasteiger partial charge in [-0.25, -0.2) is 0 Å². The van der Waals surface area contributed by atoms with Crippen LogP contribution in [-0.2, 0) is 16.8 Å². The maximum Gasteiger partial charge on any atom is 0.103 e. The van der Waals surface area contributed by atoms with Gasteiger partial charge in [-0.3, -0.25) is 0 Å². The largest absolute Gasteiger partial charge is 0.396 e. The molecule has 2 unspecified atom stereocenters. The predicted octanol–water partition coefficient (Wildman–Crippen LogP) is 2.72. The summed E-state index contributed by atoms with van der Waals surface area (Å²) in [4.78, 5) is 0. The standard InChI is InChI=1S/C16H20O2/c1-11-5-6-13-4-3-7-16(14(13)8-11)15(9-17)12(2)10-18-16/h5-6,8,15,17H,2-4,7,9-10H2,1H3. The van der Waals surface area contributed by atoms with Gasteiger partial charge in [-0.1, -0.05) is 30.3 Å². The Morgan fingerprint density at radius 1 is 1.50 bits per heavy atom. The van der Waals surface area contributed by atoms with Gasteiger partial charge in [-0.05, 0) is 42.9 Å². The lowest BCUT2D eigenvalue weighted by molar-refractivity contribution is -0.0518. The second-order valence-corrected chi connectivity index (χ2v) is 5.59. The van der Waals surface area contributed by atoms with E-state index in [0.29, 0.717) is 6.61 Å². The van der Waals surface area contributed by atoms with Crippen LogP contribution in [0.15, 0.2) is 30.4 Å². The Hall–Kier alpha value is -1.12. The van der Waals surface area contributed by atoms with Crippen molar-refractivity contribution in [3.05, 3.63) is 47.0 Å². The molecule has 1 spiro atoms. The maximum absolute atomic E-state index is 9.71. The van der Waals surface area contributed by atoms with E-state index in [1.165, 1.54) is 16.7 Å². The summed E-state index contributed by atoms with van der Waals surface area (Å²) in [6.45, 7) is 6.89. The van der Waals surface area contributed by atoms with Crippen molar-refractivity contribution in [3.8, 4) is 0 Å². The highest BCUT2D eigenvalue weighted by Crippen LogP contribution is 2.50. The van der Waals surface area contributed by atoms with Crippen LogP contribution < -0.4 is 0 Å².